The second-order valence-corrected chi connectivity index (χ2v) is 5.35. The molecule has 0 saturated heterocycles. The van der Waals surface area contributed by atoms with Crippen LogP contribution in [0.3, 0.4) is 0 Å². The topological polar surface area (TPSA) is 25.8 Å². The van der Waals surface area contributed by atoms with Crippen LogP contribution in [0.2, 0.25) is 10.2 Å². The molecule has 1 aromatic heterocycles. The van der Waals surface area contributed by atoms with E-state index < -0.39 is 5.82 Å². The van der Waals surface area contributed by atoms with Gasteiger partial charge in [-0.05, 0) is 41.9 Å². The summed E-state index contributed by atoms with van der Waals surface area (Å²) in [6.45, 7) is 3.59. The zero-order valence-electron chi connectivity index (χ0n) is 9.56. The van der Waals surface area contributed by atoms with E-state index in [0.717, 1.165) is 0 Å². The molecule has 94 valence electrons. The molecule has 2 aromatic rings. The normalized spacial score (nSPS) is 10.8. The van der Waals surface area contributed by atoms with Gasteiger partial charge in [-0.25, -0.2) is 14.4 Å². The van der Waals surface area contributed by atoms with E-state index in [1.54, 1.807) is 26.0 Å². The first-order chi connectivity index (χ1) is 8.41. The molecule has 18 heavy (non-hydrogen) atoms. The summed E-state index contributed by atoms with van der Waals surface area (Å²) in [5.41, 5.74) is 1.95. The maximum Gasteiger partial charge on any atom is 0.155 e. The minimum atomic E-state index is -0.564. The SMILES string of the molecule is Cc1nc(Cl)c(-c2ccc(Br)c(Cl)c2F)nc1C. The molecule has 0 bridgehead atoms. The van der Waals surface area contributed by atoms with Crippen molar-refractivity contribution in [2.45, 2.75) is 13.8 Å². The van der Waals surface area contributed by atoms with Crippen molar-refractivity contribution in [3.8, 4) is 11.3 Å². The van der Waals surface area contributed by atoms with Crippen LogP contribution in [-0.4, -0.2) is 9.97 Å². The van der Waals surface area contributed by atoms with E-state index in [1.807, 2.05) is 0 Å². The first-order valence-electron chi connectivity index (χ1n) is 5.06. The summed E-state index contributed by atoms with van der Waals surface area (Å²) in [4.78, 5) is 8.39. The van der Waals surface area contributed by atoms with Gasteiger partial charge in [0.25, 0.3) is 0 Å². The lowest BCUT2D eigenvalue weighted by atomic mass is 10.1. The molecule has 0 spiro atoms. The van der Waals surface area contributed by atoms with Crippen molar-refractivity contribution in [3.63, 3.8) is 0 Å². The smallest absolute Gasteiger partial charge is 0.155 e. The van der Waals surface area contributed by atoms with Crippen molar-refractivity contribution >= 4 is 39.1 Å². The third kappa shape index (κ3) is 2.37. The lowest BCUT2D eigenvalue weighted by Gasteiger charge is -2.09. The van der Waals surface area contributed by atoms with Gasteiger partial charge >= 0.3 is 0 Å². The molecule has 2 nitrogen and oxygen atoms in total. The highest BCUT2D eigenvalue weighted by Gasteiger charge is 2.17. The van der Waals surface area contributed by atoms with Gasteiger partial charge < -0.3 is 0 Å². The van der Waals surface area contributed by atoms with Crippen molar-refractivity contribution < 1.29 is 4.39 Å². The zero-order chi connectivity index (χ0) is 13.4. The van der Waals surface area contributed by atoms with Gasteiger partial charge in [0.2, 0.25) is 0 Å². The summed E-state index contributed by atoms with van der Waals surface area (Å²) in [5.74, 6) is -0.564. The standard InChI is InChI=1S/C12H8BrCl2FN2/c1-5-6(2)18-12(15)11(17-5)7-3-4-8(13)9(14)10(7)16/h3-4H,1-2H3. The van der Waals surface area contributed by atoms with Crippen molar-refractivity contribution in [2.75, 3.05) is 0 Å². The van der Waals surface area contributed by atoms with Crippen molar-refractivity contribution in [3.05, 3.63) is 44.0 Å². The highest BCUT2D eigenvalue weighted by molar-refractivity contribution is 9.10. The Morgan fingerprint density at radius 3 is 2.39 bits per heavy atom. The number of nitrogens with zero attached hydrogens (tertiary/aromatic N) is 2. The average molecular weight is 350 g/mol. The van der Waals surface area contributed by atoms with Gasteiger partial charge in [-0.2, -0.15) is 0 Å². The molecule has 0 unspecified atom stereocenters. The van der Waals surface area contributed by atoms with Crippen LogP contribution in [0, 0.1) is 19.7 Å². The first kappa shape index (κ1) is 13.7. The van der Waals surface area contributed by atoms with Crippen molar-refractivity contribution in [1.82, 2.24) is 9.97 Å². The third-order valence-corrected chi connectivity index (χ3v) is 4.08. The number of halogens is 4. The third-order valence-electron chi connectivity index (χ3n) is 2.55. The number of hydrogen-bond acceptors (Lipinski definition) is 2. The number of rotatable bonds is 1. The zero-order valence-corrected chi connectivity index (χ0v) is 12.7. The van der Waals surface area contributed by atoms with Gasteiger partial charge in [0.1, 0.15) is 5.69 Å². The predicted molar refractivity (Wildman–Crippen MR) is 74.6 cm³/mol. The number of aromatic nitrogens is 2. The molecule has 6 heteroatoms. The molecule has 2 rings (SSSR count). The van der Waals surface area contributed by atoms with Gasteiger partial charge in [0.05, 0.1) is 16.4 Å². The lowest BCUT2D eigenvalue weighted by molar-refractivity contribution is 0.630. The summed E-state index contributed by atoms with van der Waals surface area (Å²) >= 11 is 15.0. The largest absolute Gasteiger partial charge is 0.248 e. The monoisotopic (exact) mass is 348 g/mol. The van der Waals surface area contributed by atoms with Crippen LogP contribution in [-0.2, 0) is 0 Å². The Kier molecular flexibility index (Phi) is 3.90. The second kappa shape index (κ2) is 5.11. The molecule has 0 aliphatic heterocycles. The summed E-state index contributed by atoms with van der Waals surface area (Å²) < 4.78 is 14.6. The average Bonchev–Trinajstić information content (AvgIpc) is 2.32. The van der Waals surface area contributed by atoms with E-state index in [4.69, 9.17) is 23.2 Å². The minimum Gasteiger partial charge on any atom is -0.248 e. The van der Waals surface area contributed by atoms with E-state index in [1.165, 1.54) is 0 Å². The molecular formula is C12H8BrCl2FN2. The van der Waals surface area contributed by atoms with E-state index in [9.17, 15) is 4.39 Å². The number of benzene rings is 1. The molecule has 0 aliphatic carbocycles. The van der Waals surface area contributed by atoms with Gasteiger partial charge in [-0.15, -0.1) is 0 Å². The maximum atomic E-state index is 14.1. The fraction of sp³-hybridized carbons (Fsp3) is 0.167. The highest BCUT2D eigenvalue weighted by Crippen LogP contribution is 2.34. The Bertz CT molecular complexity index is 632. The Morgan fingerprint density at radius 2 is 1.72 bits per heavy atom. The quantitative estimate of drug-likeness (QED) is 0.679. The van der Waals surface area contributed by atoms with E-state index in [2.05, 4.69) is 25.9 Å². The van der Waals surface area contributed by atoms with Crippen LogP contribution >= 0.6 is 39.1 Å². The van der Waals surface area contributed by atoms with E-state index >= 15 is 0 Å². The van der Waals surface area contributed by atoms with E-state index in [-0.39, 0.29) is 15.7 Å². The fourth-order valence-electron chi connectivity index (χ4n) is 1.46. The summed E-state index contributed by atoms with van der Waals surface area (Å²) in [6, 6.07) is 3.21. The molecule has 0 atom stereocenters. The number of aryl methyl sites for hydroxylation is 2. The molecule has 0 amide bonds. The molecule has 0 saturated carbocycles. The first-order valence-corrected chi connectivity index (χ1v) is 6.61. The Labute approximate surface area is 122 Å². The molecule has 1 heterocycles. The van der Waals surface area contributed by atoms with E-state index in [0.29, 0.717) is 21.6 Å². The maximum absolute atomic E-state index is 14.1. The molecule has 0 radical (unpaired) electrons. The Hall–Kier alpha value is -0.710. The van der Waals surface area contributed by atoms with Crippen LogP contribution in [0.4, 0.5) is 4.39 Å². The molecule has 0 aliphatic rings. The molecular weight excluding hydrogens is 342 g/mol. The van der Waals surface area contributed by atoms with Crippen molar-refractivity contribution in [1.29, 1.82) is 0 Å². The van der Waals surface area contributed by atoms with Gasteiger partial charge in [-0.1, -0.05) is 23.2 Å². The van der Waals surface area contributed by atoms with Crippen LogP contribution in [0.5, 0.6) is 0 Å². The van der Waals surface area contributed by atoms with Crippen molar-refractivity contribution in [2.24, 2.45) is 0 Å². The fourth-order valence-corrected chi connectivity index (χ4v) is 2.20. The summed E-state index contributed by atoms with van der Waals surface area (Å²) in [7, 11) is 0. The Morgan fingerprint density at radius 1 is 1.11 bits per heavy atom. The van der Waals surface area contributed by atoms with Crippen LogP contribution in [0.15, 0.2) is 16.6 Å². The summed E-state index contributed by atoms with van der Waals surface area (Å²) in [6.07, 6.45) is 0. The summed E-state index contributed by atoms with van der Waals surface area (Å²) in [5, 5.41) is 0.166. The molecule has 0 fully saturated rings. The number of hydrogen-bond donors (Lipinski definition) is 0. The molecule has 0 N–H and O–H groups in total. The van der Waals surface area contributed by atoms with Gasteiger partial charge in [-0.3, -0.25) is 0 Å². The molecule has 1 aromatic carbocycles. The second-order valence-electron chi connectivity index (χ2n) is 3.76. The van der Waals surface area contributed by atoms with Crippen LogP contribution in [0.25, 0.3) is 11.3 Å². The van der Waals surface area contributed by atoms with Crippen LogP contribution in [0.1, 0.15) is 11.4 Å². The predicted octanol–water partition coefficient (Wildman–Crippen LogP) is 4.97. The Balaban J connectivity index is 2.70. The van der Waals surface area contributed by atoms with Gasteiger partial charge in [0, 0.05) is 10.0 Å². The highest BCUT2D eigenvalue weighted by atomic mass is 79.9. The minimum absolute atomic E-state index is 0.00333. The van der Waals surface area contributed by atoms with Gasteiger partial charge in [0.15, 0.2) is 11.0 Å². The van der Waals surface area contributed by atoms with Crippen LogP contribution < -0.4 is 0 Å². The lowest BCUT2D eigenvalue weighted by Crippen LogP contribution is -1.98.